The molecule has 3 aromatic carbocycles. The number of sulfonamides is 1. The van der Waals surface area contributed by atoms with Crippen LogP contribution in [0.5, 0.6) is 5.75 Å². The van der Waals surface area contributed by atoms with Gasteiger partial charge in [-0.2, -0.15) is 0 Å². The zero-order valence-electron chi connectivity index (χ0n) is 17.0. The van der Waals surface area contributed by atoms with E-state index in [2.05, 4.69) is 15.0 Å². The van der Waals surface area contributed by atoms with E-state index in [0.717, 1.165) is 10.9 Å². The summed E-state index contributed by atoms with van der Waals surface area (Å²) >= 11 is 0. The molecule has 0 atom stereocenters. The van der Waals surface area contributed by atoms with Crippen molar-refractivity contribution in [2.75, 3.05) is 17.1 Å². The Morgan fingerprint density at radius 1 is 0.935 bits per heavy atom. The van der Waals surface area contributed by atoms with E-state index in [0.29, 0.717) is 28.4 Å². The van der Waals surface area contributed by atoms with Crippen molar-refractivity contribution in [2.24, 2.45) is 0 Å². The Labute approximate surface area is 180 Å². The maximum Gasteiger partial charge on any atom is 0.272 e. The molecule has 1 amide bonds. The number of ether oxygens (including phenoxy) is 1. The van der Waals surface area contributed by atoms with Crippen LogP contribution in [-0.2, 0) is 10.0 Å². The summed E-state index contributed by atoms with van der Waals surface area (Å²) < 4.78 is 33.5. The number of methoxy groups -OCH3 is 1. The number of fused-ring (bicyclic) bond motifs is 1. The second kappa shape index (κ2) is 8.16. The smallest absolute Gasteiger partial charge is 0.272 e. The lowest BCUT2D eigenvalue weighted by molar-refractivity contribution is 0.102. The molecule has 0 aliphatic rings. The summed E-state index contributed by atoms with van der Waals surface area (Å²) in [5.74, 6) is 0.271. The van der Waals surface area contributed by atoms with Gasteiger partial charge in [0.1, 0.15) is 11.4 Å². The van der Waals surface area contributed by atoms with E-state index in [1.54, 1.807) is 49.4 Å². The minimum Gasteiger partial charge on any atom is -0.497 e. The van der Waals surface area contributed by atoms with Crippen LogP contribution < -0.4 is 14.8 Å². The highest BCUT2D eigenvalue weighted by Crippen LogP contribution is 2.25. The minimum atomic E-state index is -3.86. The molecule has 158 valence electrons. The predicted octanol–water partition coefficient (Wildman–Crippen LogP) is 4.54. The molecule has 1 heterocycles. The van der Waals surface area contributed by atoms with E-state index in [1.807, 2.05) is 24.3 Å². The van der Waals surface area contributed by atoms with Crippen molar-refractivity contribution in [1.82, 2.24) is 4.98 Å². The summed E-state index contributed by atoms with van der Waals surface area (Å²) in [6.07, 6.45) is 0. The van der Waals surface area contributed by atoms with E-state index in [9.17, 15) is 13.2 Å². The third-order valence-corrected chi connectivity index (χ3v) is 6.38. The summed E-state index contributed by atoms with van der Waals surface area (Å²) in [6.45, 7) is 1.70. The van der Waals surface area contributed by atoms with Crippen molar-refractivity contribution in [3.63, 3.8) is 0 Å². The Morgan fingerprint density at radius 2 is 1.65 bits per heavy atom. The Hall–Kier alpha value is -3.78. The summed E-state index contributed by atoms with van der Waals surface area (Å²) in [6, 6.07) is 20.7. The summed E-state index contributed by atoms with van der Waals surface area (Å²) in [7, 11) is -2.32. The van der Waals surface area contributed by atoms with Gasteiger partial charge in [-0.3, -0.25) is 9.52 Å². The molecule has 0 bridgehead atoms. The Kier molecular flexibility index (Phi) is 5.39. The molecule has 0 aliphatic carbocycles. The van der Waals surface area contributed by atoms with Gasteiger partial charge < -0.3 is 15.0 Å². The van der Waals surface area contributed by atoms with Crippen LogP contribution >= 0.6 is 0 Å². The molecule has 8 heteroatoms. The number of hydrogen-bond donors (Lipinski definition) is 3. The van der Waals surface area contributed by atoms with Gasteiger partial charge >= 0.3 is 0 Å². The molecule has 4 rings (SSSR count). The summed E-state index contributed by atoms with van der Waals surface area (Å²) in [5.41, 5.74) is 2.59. The second-order valence-corrected chi connectivity index (χ2v) is 8.69. The molecule has 0 aliphatic heterocycles. The van der Waals surface area contributed by atoms with Crippen LogP contribution in [0.4, 0.5) is 11.4 Å². The van der Waals surface area contributed by atoms with E-state index in [4.69, 9.17) is 4.74 Å². The van der Waals surface area contributed by atoms with E-state index in [1.165, 1.54) is 13.2 Å². The normalized spacial score (nSPS) is 11.3. The van der Waals surface area contributed by atoms with E-state index >= 15 is 0 Å². The number of amides is 1. The number of carbonyl (C=O) groups is 1. The number of H-pyrrole nitrogens is 1. The molecular weight excluding hydrogens is 414 g/mol. The average molecular weight is 436 g/mol. The zero-order chi connectivity index (χ0) is 22.0. The Balaban J connectivity index is 1.57. The van der Waals surface area contributed by atoms with Gasteiger partial charge in [0.25, 0.3) is 15.9 Å². The minimum absolute atomic E-state index is 0.0813. The molecule has 0 spiro atoms. The highest BCUT2D eigenvalue weighted by molar-refractivity contribution is 7.92. The maximum absolute atomic E-state index is 12.9. The van der Waals surface area contributed by atoms with Crippen LogP contribution in [0.2, 0.25) is 0 Å². The van der Waals surface area contributed by atoms with Crippen LogP contribution in [0.15, 0.2) is 77.7 Å². The number of aryl methyl sites for hydroxylation is 1. The summed E-state index contributed by atoms with van der Waals surface area (Å²) in [4.78, 5) is 15.8. The van der Waals surface area contributed by atoms with Gasteiger partial charge in [-0.05, 0) is 61.0 Å². The average Bonchev–Trinajstić information content (AvgIpc) is 3.20. The number of rotatable bonds is 6. The van der Waals surface area contributed by atoms with Gasteiger partial charge in [0.2, 0.25) is 0 Å². The zero-order valence-corrected chi connectivity index (χ0v) is 17.8. The standard InChI is InChI=1S/C23H21N3O4S/c1-15-7-8-18(24-23(27)21-13-16-5-3-4-6-20(16)25-21)14-22(15)31(28,29)26-17-9-11-19(30-2)12-10-17/h3-14,25-26H,1-2H3,(H,24,27). The number of nitrogens with one attached hydrogen (secondary N) is 3. The SMILES string of the molecule is COc1ccc(NS(=O)(=O)c2cc(NC(=O)c3cc4ccccc4[nH]3)ccc2C)cc1. The van der Waals surface area contributed by atoms with Gasteiger partial charge in [0.05, 0.1) is 12.0 Å². The van der Waals surface area contributed by atoms with Crippen molar-refractivity contribution in [3.8, 4) is 5.75 Å². The van der Waals surface area contributed by atoms with Crippen molar-refractivity contribution < 1.29 is 17.9 Å². The van der Waals surface area contributed by atoms with Gasteiger partial charge in [-0.15, -0.1) is 0 Å². The maximum atomic E-state index is 12.9. The number of benzene rings is 3. The quantitative estimate of drug-likeness (QED) is 0.414. The lowest BCUT2D eigenvalue weighted by Gasteiger charge is -2.13. The molecule has 0 saturated carbocycles. The molecule has 4 aromatic rings. The van der Waals surface area contributed by atoms with Gasteiger partial charge in [-0.1, -0.05) is 24.3 Å². The van der Waals surface area contributed by atoms with Crippen LogP contribution in [0.1, 0.15) is 16.1 Å². The Morgan fingerprint density at radius 3 is 2.35 bits per heavy atom. The highest BCUT2D eigenvalue weighted by atomic mass is 32.2. The fraction of sp³-hybridized carbons (Fsp3) is 0.0870. The molecule has 3 N–H and O–H groups in total. The van der Waals surface area contributed by atoms with Crippen molar-refractivity contribution in [2.45, 2.75) is 11.8 Å². The first-order chi connectivity index (χ1) is 14.9. The monoisotopic (exact) mass is 435 g/mol. The number of para-hydroxylation sites is 1. The fourth-order valence-electron chi connectivity index (χ4n) is 3.23. The second-order valence-electron chi connectivity index (χ2n) is 7.04. The molecule has 0 saturated heterocycles. The third-order valence-electron chi connectivity index (χ3n) is 4.85. The number of aromatic nitrogens is 1. The van der Waals surface area contributed by atoms with Crippen molar-refractivity contribution in [3.05, 3.63) is 84.1 Å². The fourth-order valence-corrected chi connectivity index (χ4v) is 4.56. The van der Waals surface area contributed by atoms with E-state index < -0.39 is 10.0 Å². The number of carbonyl (C=O) groups excluding carboxylic acids is 1. The lowest BCUT2D eigenvalue weighted by atomic mass is 10.2. The Bertz CT molecular complexity index is 1330. The van der Waals surface area contributed by atoms with Gasteiger partial charge in [0.15, 0.2) is 0 Å². The first kappa shape index (κ1) is 20.5. The van der Waals surface area contributed by atoms with Gasteiger partial charge in [-0.25, -0.2) is 8.42 Å². The molecule has 0 fully saturated rings. The van der Waals surface area contributed by atoms with Crippen LogP contribution in [0, 0.1) is 6.92 Å². The molecule has 0 unspecified atom stereocenters. The number of anilines is 2. The van der Waals surface area contributed by atoms with Crippen molar-refractivity contribution >= 4 is 38.2 Å². The summed E-state index contributed by atoms with van der Waals surface area (Å²) in [5, 5.41) is 3.68. The van der Waals surface area contributed by atoms with Crippen molar-refractivity contribution in [1.29, 1.82) is 0 Å². The predicted molar refractivity (Wildman–Crippen MR) is 121 cm³/mol. The molecule has 0 radical (unpaired) electrons. The number of hydrogen-bond acceptors (Lipinski definition) is 4. The largest absolute Gasteiger partial charge is 0.497 e. The third kappa shape index (κ3) is 4.39. The van der Waals surface area contributed by atoms with E-state index in [-0.39, 0.29) is 10.8 Å². The highest BCUT2D eigenvalue weighted by Gasteiger charge is 2.19. The number of aromatic amines is 1. The lowest BCUT2D eigenvalue weighted by Crippen LogP contribution is -2.16. The first-order valence-electron chi connectivity index (χ1n) is 9.52. The molecule has 31 heavy (non-hydrogen) atoms. The first-order valence-corrected chi connectivity index (χ1v) is 11.0. The van der Waals surface area contributed by atoms with Crippen LogP contribution in [0.25, 0.3) is 10.9 Å². The van der Waals surface area contributed by atoms with Gasteiger partial charge in [0, 0.05) is 22.3 Å². The topological polar surface area (TPSA) is 100 Å². The van der Waals surface area contributed by atoms with Crippen LogP contribution in [0.3, 0.4) is 0 Å². The van der Waals surface area contributed by atoms with Crippen LogP contribution in [-0.4, -0.2) is 26.4 Å². The molecule has 1 aromatic heterocycles. The molecular formula is C23H21N3O4S. The molecule has 7 nitrogen and oxygen atoms in total.